The topological polar surface area (TPSA) is 266 Å². The molecule has 0 bridgehead atoms. The van der Waals surface area contributed by atoms with Crippen molar-refractivity contribution in [2.45, 2.75) is 56.4 Å². The van der Waals surface area contributed by atoms with E-state index in [2.05, 4.69) is 34.3 Å². The molecule has 21 nitrogen and oxygen atoms in total. The van der Waals surface area contributed by atoms with Crippen LogP contribution >= 0.6 is 0 Å². The van der Waals surface area contributed by atoms with Crippen LogP contribution in [0.25, 0.3) is 11.6 Å². The molecule has 0 amide bonds. The molecule has 1 atom stereocenters. The Bertz CT molecular complexity index is 2050. The molecule has 1 N–H and O–H groups in total. The Morgan fingerprint density at radius 1 is 0.857 bits per heavy atom. The summed E-state index contributed by atoms with van der Waals surface area (Å²) < 4.78 is 57.6. The summed E-state index contributed by atoms with van der Waals surface area (Å²) in [6, 6.07) is 14.5. The van der Waals surface area contributed by atoms with Gasteiger partial charge in [-0.25, -0.2) is 28.2 Å². The molecule has 0 saturated carbocycles. The van der Waals surface area contributed by atoms with E-state index in [1.807, 2.05) is 20.8 Å². The number of sulfonamides is 1. The Balaban J connectivity index is 1.52. The van der Waals surface area contributed by atoms with Crippen LogP contribution in [0.15, 0.2) is 71.9 Å². The van der Waals surface area contributed by atoms with E-state index in [0.717, 1.165) is 5.56 Å². The monoisotopic (exact) mass is 801 g/mol. The first kappa shape index (κ1) is 42.2. The zero-order chi connectivity index (χ0) is 40.7. The Morgan fingerprint density at radius 2 is 1.54 bits per heavy atom. The number of hydrogen-bond donors (Lipinski definition) is 1. The van der Waals surface area contributed by atoms with Gasteiger partial charge in [0.15, 0.2) is 23.1 Å². The third-order valence-electron chi connectivity index (χ3n) is 7.43. The lowest BCUT2D eigenvalue weighted by Gasteiger charge is -2.20. The lowest BCUT2D eigenvalue weighted by molar-refractivity contribution is -0.790. The molecule has 2 aromatic heterocycles. The minimum atomic E-state index is -4.29. The van der Waals surface area contributed by atoms with E-state index < -0.39 is 39.1 Å². The average Bonchev–Trinajstić information content (AvgIpc) is 3.16. The van der Waals surface area contributed by atoms with Crippen molar-refractivity contribution in [3.63, 3.8) is 0 Å². The summed E-state index contributed by atoms with van der Waals surface area (Å²) in [5.74, 6) is -0.545. The highest BCUT2D eigenvalue weighted by atomic mass is 32.2. The van der Waals surface area contributed by atoms with Gasteiger partial charge in [-0.15, -0.1) is 20.2 Å². The summed E-state index contributed by atoms with van der Waals surface area (Å²) in [6.45, 7) is 4.51. The molecule has 0 aliphatic carbocycles. The summed E-state index contributed by atoms with van der Waals surface area (Å²) in [7, 11) is -2.87. The molecule has 2 heterocycles. The van der Waals surface area contributed by atoms with Crippen LogP contribution in [0.2, 0.25) is 0 Å². The SMILES string of the molecule is COc1ccccc1Oc1c(NS(=O)(=O)c2ccc(C(C)(C)C)cc2)nc(-c2ncccn2)nc1OCCOC(=O)OCCCCC(CO[N+](=O)[O-])O[N+](=O)[O-]. The standard InChI is InChI=1S/C34H39N7O14S/c1-34(2,3)23-13-15-25(16-14-23)56(47,48)39-29-28(54-27-12-6-5-11-26(27)49-4)32(38-31(37-29)30-35-17-9-18-36-30)50-20-21-52-33(42)51-19-8-7-10-24(55-41(45)46)22-53-40(43)44/h5-6,9,11-18,24H,7-8,10,19-22H2,1-4H3,(H,37,38,39). The molecule has 22 heteroatoms. The highest BCUT2D eigenvalue weighted by Crippen LogP contribution is 2.41. The van der Waals surface area contributed by atoms with Crippen LogP contribution in [0.3, 0.4) is 0 Å². The summed E-state index contributed by atoms with van der Waals surface area (Å²) in [5, 5.41) is 18.8. The van der Waals surface area contributed by atoms with Crippen molar-refractivity contribution in [2.75, 3.05) is 38.3 Å². The molecule has 2 aromatic carbocycles. The Morgan fingerprint density at radius 3 is 2.18 bits per heavy atom. The predicted molar refractivity (Wildman–Crippen MR) is 194 cm³/mol. The van der Waals surface area contributed by atoms with Crippen molar-refractivity contribution >= 4 is 22.0 Å². The highest BCUT2D eigenvalue weighted by Gasteiger charge is 2.27. The zero-order valence-electron chi connectivity index (χ0n) is 30.7. The maximum Gasteiger partial charge on any atom is 0.508 e. The van der Waals surface area contributed by atoms with Crippen LogP contribution in [0.4, 0.5) is 10.6 Å². The molecule has 300 valence electrons. The van der Waals surface area contributed by atoms with Gasteiger partial charge in [-0.05, 0) is 60.6 Å². The largest absolute Gasteiger partial charge is 0.508 e. The van der Waals surface area contributed by atoms with Crippen molar-refractivity contribution < 1.29 is 56.7 Å². The fraction of sp³-hybridized carbons (Fsp3) is 0.382. The highest BCUT2D eigenvalue weighted by molar-refractivity contribution is 7.92. The van der Waals surface area contributed by atoms with Gasteiger partial charge in [0.1, 0.15) is 25.9 Å². The molecule has 0 spiro atoms. The number of anilines is 1. The number of rotatable bonds is 21. The van der Waals surface area contributed by atoms with E-state index in [4.69, 9.17) is 23.7 Å². The van der Waals surface area contributed by atoms with E-state index in [0.29, 0.717) is 0 Å². The summed E-state index contributed by atoms with van der Waals surface area (Å²) in [4.78, 5) is 58.9. The van der Waals surface area contributed by atoms with Crippen LogP contribution in [0.1, 0.15) is 45.6 Å². The first-order valence-corrected chi connectivity index (χ1v) is 18.3. The molecular weight excluding hydrogens is 762 g/mol. The number of aromatic nitrogens is 4. The minimum absolute atomic E-state index is 0.0108. The normalized spacial score (nSPS) is 11.8. The van der Waals surface area contributed by atoms with E-state index in [9.17, 15) is 33.4 Å². The molecule has 0 fully saturated rings. The fourth-order valence-electron chi connectivity index (χ4n) is 4.70. The predicted octanol–water partition coefficient (Wildman–Crippen LogP) is 5.32. The number of ether oxygens (including phenoxy) is 5. The van der Waals surface area contributed by atoms with Crippen LogP contribution in [0, 0.1) is 20.2 Å². The van der Waals surface area contributed by atoms with Gasteiger partial charge in [0.05, 0.1) is 18.6 Å². The van der Waals surface area contributed by atoms with E-state index in [-0.39, 0.29) is 90.0 Å². The van der Waals surface area contributed by atoms with Gasteiger partial charge in [-0.1, -0.05) is 45.0 Å². The van der Waals surface area contributed by atoms with Gasteiger partial charge in [0, 0.05) is 12.4 Å². The first-order chi connectivity index (χ1) is 26.7. The number of nitrogens with one attached hydrogen (secondary N) is 1. The number of carbonyl (C=O) groups is 1. The smallest absolute Gasteiger partial charge is 0.493 e. The number of para-hydroxylation sites is 2. The molecule has 1 unspecified atom stereocenters. The summed E-state index contributed by atoms with van der Waals surface area (Å²) >= 11 is 0. The van der Waals surface area contributed by atoms with Crippen LogP contribution in [-0.4, -0.2) is 84.3 Å². The van der Waals surface area contributed by atoms with Crippen molar-refractivity contribution in [3.8, 4) is 34.8 Å². The first-order valence-electron chi connectivity index (χ1n) is 16.8. The molecule has 0 radical (unpaired) electrons. The number of nitrogens with zero attached hydrogens (tertiary/aromatic N) is 6. The lowest BCUT2D eigenvalue weighted by Crippen LogP contribution is -2.24. The van der Waals surface area contributed by atoms with Gasteiger partial charge in [0.25, 0.3) is 26.1 Å². The van der Waals surface area contributed by atoms with Crippen LogP contribution < -0.4 is 18.9 Å². The summed E-state index contributed by atoms with van der Waals surface area (Å²) in [5.41, 5.74) is 0.692. The number of benzene rings is 2. The van der Waals surface area contributed by atoms with Gasteiger partial charge in [0.2, 0.25) is 11.6 Å². The molecule has 4 aromatic rings. The lowest BCUT2D eigenvalue weighted by atomic mass is 9.87. The van der Waals surface area contributed by atoms with Gasteiger partial charge in [-0.2, -0.15) is 4.98 Å². The van der Waals surface area contributed by atoms with Crippen LogP contribution in [0.5, 0.6) is 23.1 Å². The number of methoxy groups -OCH3 is 1. The second kappa shape index (κ2) is 19.7. The Labute approximate surface area is 320 Å². The maximum atomic E-state index is 13.8. The molecule has 56 heavy (non-hydrogen) atoms. The summed E-state index contributed by atoms with van der Waals surface area (Å²) in [6.07, 6.45) is 1.08. The van der Waals surface area contributed by atoms with Gasteiger partial charge in [-0.3, -0.25) is 4.72 Å². The average molecular weight is 802 g/mol. The third-order valence-corrected chi connectivity index (χ3v) is 8.78. The molecule has 0 aliphatic rings. The van der Waals surface area contributed by atoms with E-state index in [1.54, 1.807) is 42.5 Å². The van der Waals surface area contributed by atoms with E-state index >= 15 is 0 Å². The number of carbonyl (C=O) groups excluding carboxylic acids is 1. The molecule has 0 saturated heterocycles. The molecule has 4 rings (SSSR count). The van der Waals surface area contributed by atoms with Crippen LogP contribution in [-0.2, 0) is 34.6 Å². The Hall–Kier alpha value is -6.58. The third kappa shape index (κ3) is 12.8. The van der Waals surface area contributed by atoms with Crippen molar-refractivity contribution in [1.29, 1.82) is 0 Å². The van der Waals surface area contributed by atoms with Crippen molar-refractivity contribution in [1.82, 2.24) is 19.9 Å². The quantitative estimate of drug-likeness (QED) is 0.0483. The number of unbranched alkanes of at least 4 members (excludes halogenated alkanes) is 1. The Kier molecular flexibility index (Phi) is 14.8. The number of hydrogen-bond acceptors (Lipinski definition) is 18. The van der Waals surface area contributed by atoms with Crippen molar-refractivity contribution in [2.24, 2.45) is 0 Å². The van der Waals surface area contributed by atoms with Crippen molar-refractivity contribution in [3.05, 3.63) is 92.8 Å². The minimum Gasteiger partial charge on any atom is -0.493 e. The zero-order valence-corrected chi connectivity index (χ0v) is 31.5. The second-order valence-electron chi connectivity index (χ2n) is 12.5. The fourth-order valence-corrected chi connectivity index (χ4v) is 5.71. The van der Waals surface area contributed by atoms with E-state index in [1.165, 1.54) is 31.6 Å². The maximum absolute atomic E-state index is 13.8. The second-order valence-corrected chi connectivity index (χ2v) is 14.2. The molecule has 0 aliphatic heterocycles. The molecular formula is C34H39N7O14S. The van der Waals surface area contributed by atoms with Gasteiger partial charge < -0.3 is 33.4 Å². The van der Waals surface area contributed by atoms with Gasteiger partial charge >= 0.3 is 6.16 Å².